The Morgan fingerprint density at radius 2 is 1.25 bits per heavy atom. The van der Waals surface area contributed by atoms with Crippen LogP contribution in [0.3, 0.4) is 0 Å². The number of anilines is 2. The second-order valence-corrected chi connectivity index (χ2v) is 10.3. The van der Waals surface area contributed by atoms with Gasteiger partial charge in [-0.1, -0.05) is 60.7 Å². The van der Waals surface area contributed by atoms with Crippen molar-refractivity contribution in [3.05, 3.63) is 131 Å². The molecule has 7 rings (SSSR count). The first-order valence-electron chi connectivity index (χ1n) is 12.9. The third kappa shape index (κ3) is 3.35. The molecule has 36 heavy (non-hydrogen) atoms. The molecule has 4 aromatic carbocycles. The lowest BCUT2D eigenvalue weighted by molar-refractivity contribution is 0.365. The zero-order valence-electron chi connectivity index (χ0n) is 20.0. The van der Waals surface area contributed by atoms with Gasteiger partial charge in [-0.25, -0.2) is 8.78 Å². The van der Waals surface area contributed by atoms with Gasteiger partial charge in [0.15, 0.2) is 0 Å². The van der Waals surface area contributed by atoms with Crippen LogP contribution in [0.15, 0.2) is 103 Å². The Hall–Kier alpha value is -3.66. The lowest BCUT2D eigenvalue weighted by atomic mass is 9.81. The number of hydrogen-bond acceptors (Lipinski definition) is 2. The molecule has 0 amide bonds. The average Bonchev–Trinajstić information content (AvgIpc) is 3.53. The van der Waals surface area contributed by atoms with Crippen LogP contribution in [0, 0.1) is 17.6 Å². The molecule has 0 bridgehead atoms. The Kier molecular flexibility index (Phi) is 5.09. The van der Waals surface area contributed by atoms with Gasteiger partial charge in [0.05, 0.1) is 18.1 Å². The Morgan fingerprint density at radius 3 is 1.94 bits per heavy atom. The Balaban J connectivity index is 1.40. The molecule has 0 radical (unpaired) electrons. The smallest absolute Gasteiger partial charge is 0.123 e. The maximum atomic E-state index is 14.8. The molecule has 0 spiro atoms. The summed E-state index contributed by atoms with van der Waals surface area (Å²) in [5.74, 6) is -0.111. The summed E-state index contributed by atoms with van der Waals surface area (Å²) in [6, 6.07) is 34.3. The van der Waals surface area contributed by atoms with Gasteiger partial charge in [0.2, 0.25) is 0 Å². The van der Waals surface area contributed by atoms with Crippen molar-refractivity contribution in [3.8, 4) is 0 Å². The average molecular weight is 479 g/mol. The molecular formula is C32H28F2N2. The molecule has 3 heterocycles. The molecule has 0 aliphatic carbocycles. The van der Waals surface area contributed by atoms with Gasteiger partial charge in [0, 0.05) is 28.9 Å². The summed E-state index contributed by atoms with van der Waals surface area (Å²) in [5.41, 5.74) is 5.73. The van der Waals surface area contributed by atoms with Gasteiger partial charge < -0.3 is 9.80 Å². The Morgan fingerprint density at radius 1 is 0.611 bits per heavy atom. The van der Waals surface area contributed by atoms with Crippen LogP contribution in [0.25, 0.3) is 0 Å². The molecule has 0 unspecified atom stereocenters. The Bertz CT molecular complexity index is 1370. The first kappa shape index (κ1) is 21.6. The van der Waals surface area contributed by atoms with E-state index in [0.717, 1.165) is 36.2 Å². The van der Waals surface area contributed by atoms with E-state index in [2.05, 4.69) is 64.4 Å². The van der Waals surface area contributed by atoms with Crippen LogP contribution < -0.4 is 9.80 Å². The van der Waals surface area contributed by atoms with Crippen molar-refractivity contribution in [2.75, 3.05) is 9.80 Å². The second kappa shape index (κ2) is 8.48. The van der Waals surface area contributed by atoms with Gasteiger partial charge in [-0.2, -0.15) is 0 Å². The van der Waals surface area contributed by atoms with Crippen molar-refractivity contribution < 1.29 is 8.78 Å². The SMILES string of the molecule is Fc1ccc(N2[C@@H]3c4cc(F)ccc4N4[C@@H](c5ccccc5)CC[C@@H]4[C@@H]3C[C@H]2c2ccccc2)cc1. The summed E-state index contributed by atoms with van der Waals surface area (Å²) in [5, 5.41) is 0. The minimum Gasteiger partial charge on any atom is -0.361 e. The first-order valence-corrected chi connectivity index (χ1v) is 12.9. The highest BCUT2D eigenvalue weighted by Gasteiger charge is 2.54. The van der Waals surface area contributed by atoms with Crippen molar-refractivity contribution in [1.82, 2.24) is 0 Å². The van der Waals surface area contributed by atoms with E-state index in [0.29, 0.717) is 12.0 Å². The normalized spacial score (nSPS) is 26.4. The predicted octanol–water partition coefficient (Wildman–Crippen LogP) is 8.00. The van der Waals surface area contributed by atoms with Crippen molar-refractivity contribution in [1.29, 1.82) is 0 Å². The van der Waals surface area contributed by atoms with Crippen LogP contribution in [0.4, 0.5) is 20.2 Å². The van der Waals surface area contributed by atoms with Crippen LogP contribution in [-0.4, -0.2) is 6.04 Å². The van der Waals surface area contributed by atoms with Crippen LogP contribution >= 0.6 is 0 Å². The third-order valence-electron chi connectivity index (χ3n) is 8.54. The molecular weight excluding hydrogens is 450 g/mol. The molecule has 2 saturated heterocycles. The van der Waals surface area contributed by atoms with Gasteiger partial charge in [0.25, 0.3) is 0 Å². The van der Waals surface area contributed by atoms with E-state index in [-0.39, 0.29) is 29.8 Å². The van der Waals surface area contributed by atoms with E-state index < -0.39 is 0 Å². The van der Waals surface area contributed by atoms with Crippen molar-refractivity contribution in [3.63, 3.8) is 0 Å². The van der Waals surface area contributed by atoms with Crippen LogP contribution in [0.2, 0.25) is 0 Å². The van der Waals surface area contributed by atoms with E-state index in [1.54, 1.807) is 12.1 Å². The summed E-state index contributed by atoms with van der Waals surface area (Å²) in [7, 11) is 0. The number of halogens is 2. The molecule has 4 aromatic rings. The van der Waals surface area contributed by atoms with Crippen molar-refractivity contribution in [2.24, 2.45) is 5.92 Å². The molecule has 0 N–H and O–H groups in total. The molecule has 5 atom stereocenters. The molecule has 2 fully saturated rings. The van der Waals surface area contributed by atoms with Crippen molar-refractivity contribution in [2.45, 2.75) is 43.4 Å². The van der Waals surface area contributed by atoms with Crippen LogP contribution in [0.5, 0.6) is 0 Å². The standard InChI is InChI=1S/C32H28F2N2/c33-23-11-14-25(15-12-23)35-31(22-9-5-2-6-10-22)20-27-30-18-17-28(21-7-3-1-4-8-21)36(30)29-16-13-24(34)19-26(29)32(27)35/h1-16,19,27-28,30-32H,17-18,20H2/t27-,28+,30+,31-,32+/m0/s1. The zero-order chi connectivity index (χ0) is 24.2. The van der Waals surface area contributed by atoms with Gasteiger partial charge in [-0.05, 0) is 72.9 Å². The molecule has 4 heteroatoms. The lowest BCUT2D eigenvalue weighted by Crippen LogP contribution is -2.45. The summed E-state index contributed by atoms with van der Waals surface area (Å²) in [6.45, 7) is 0. The summed E-state index contributed by atoms with van der Waals surface area (Å²) in [6.07, 6.45) is 3.17. The topological polar surface area (TPSA) is 6.48 Å². The highest BCUT2D eigenvalue weighted by atomic mass is 19.1. The quantitative estimate of drug-likeness (QED) is 0.294. The fourth-order valence-corrected chi connectivity index (χ4v) is 7.18. The van der Waals surface area contributed by atoms with Gasteiger partial charge >= 0.3 is 0 Å². The lowest BCUT2D eigenvalue weighted by Gasteiger charge is -2.46. The summed E-state index contributed by atoms with van der Waals surface area (Å²) in [4.78, 5) is 5.02. The van der Waals surface area contributed by atoms with E-state index in [1.807, 2.05) is 24.3 Å². The summed E-state index contributed by atoms with van der Waals surface area (Å²) >= 11 is 0. The maximum absolute atomic E-state index is 14.8. The summed E-state index contributed by atoms with van der Waals surface area (Å²) < 4.78 is 28.8. The first-order chi connectivity index (χ1) is 17.7. The highest BCUT2D eigenvalue weighted by Crippen LogP contribution is 2.60. The highest BCUT2D eigenvalue weighted by molar-refractivity contribution is 5.66. The van der Waals surface area contributed by atoms with Gasteiger partial charge in [-0.15, -0.1) is 0 Å². The fourth-order valence-electron chi connectivity index (χ4n) is 7.18. The van der Waals surface area contributed by atoms with Gasteiger partial charge in [0.1, 0.15) is 11.6 Å². The number of rotatable bonds is 3. The Labute approximate surface area is 210 Å². The third-order valence-corrected chi connectivity index (χ3v) is 8.54. The second-order valence-electron chi connectivity index (χ2n) is 10.3. The van der Waals surface area contributed by atoms with E-state index in [1.165, 1.54) is 23.3 Å². The molecule has 0 aromatic heterocycles. The van der Waals surface area contributed by atoms with Gasteiger partial charge in [-0.3, -0.25) is 0 Å². The minimum absolute atomic E-state index is 0.0298. The van der Waals surface area contributed by atoms with Crippen LogP contribution in [0.1, 0.15) is 54.1 Å². The number of benzene rings is 4. The van der Waals surface area contributed by atoms with E-state index in [9.17, 15) is 8.78 Å². The zero-order valence-corrected chi connectivity index (χ0v) is 20.0. The molecule has 3 aliphatic heterocycles. The number of hydrogen-bond donors (Lipinski definition) is 0. The minimum atomic E-state index is -0.242. The monoisotopic (exact) mass is 478 g/mol. The molecule has 2 nitrogen and oxygen atoms in total. The van der Waals surface area contributed by atoms with Crippen molar-refractivity contribution >= 4 is 11.4 Å². The molecule has 0 saturated carbocycles. The van der Waals surface area contributed by atoms with E-state index >= 15 is 0 Å². The number of fused-ring (bicyclic) bond motifs is 6. The fraction of sp³-hybridized carbons (Fsp3) is 0.250. The predicted molar refractivity (Wildman–Crippen MR) is 140 cm³/mol. The number of nitrogens with zero attached hydrogens (tertiary/aromatic N) is 2. The van der Waals surface area contributed by atoms with Crippen LogP contribution in [-0.2, 0) is 0 Å². The van der Waals surface area contributed by atoms with E-state index in [4.69, 9.17) is 0 Å². The molecule has 180 valence electrons. The largest absolute Gasteiger partial charge is 0.361 e. The molecule has 3 aliphatic rings. The maximum Gasteiger partial charge on any atom is 0.123 e.